The van der Waals surface area contributed by atoms with E-state index in [1.54, 1.807) is 17.9 Å². The summed E-state index contributed by atoms with van der Waals surface area (Å²) in [6.45, 7) is 4.59. The minimum absolute atomic E-state index is 0.0199. The van der Waals surface area contributed by atoms with Crippen molar-refractivity contribution in [2.24, 2.45) is 0 Å². The third kappa shape index (κ3) is 3.70. The monoisotopic (exact) mass is 419 g/mol. The predicted octanol–water partition coefficient (Wildman–Crippen LogP) is 4.44. The van der Waals surface area contributed by atoms with Gasteiger partial charge in [-0.05, 0) is 44.2 Å². The molecule has 4 rings (SSSR count). The van der Waals surface area contributed by atoms with E-state index in [0.717, 1.165) is 17.7 Å². The van der Waals surface area contributed by atoms with Gasteiger partial charge in [-0.2, -0.15) is 5.26 Å². The molecule has 1 amide bonds. The first-order chi connectivity index (χ1) is 14.9. The molecule has 3 aromatic rings. The molecule has 0 saturated heterocycles. The average molecular weight is 419 g/mol. The minimum Gasteiger partial charge on any atom is -0.363 e. The Kier molecular flexibility index (Phi) is 5.34. The van der Waals surface area contributed by atoms with E-state index in [2.05, 4.69) is 15.3 Å². The van der Waals surface area contributed by atoms with Gasteiger partial charge in [0.1, 0.15) is 17.5 Å². The second kappa shape index (κ2) is 8.11. The summed E-state index contributed by atoms with van der Waals surface area (Å²) >= 11 is 0. The number of halogens is 2. The molecule has 1 aliphatic heterocycles. The summed E-state index contributed by atoms with van der Waals surface area (Å²) < 4.78 is 29.8. The van der Waals surface area contributed by atoms with Crippen molar-refractivity contribution in [1.29, 1.82) is 5.26 Å². The van der Waals surface area contributed by atoms with Crippen LogP contribution in [0.5, 0.6) is 0 Å². The number of carbonyl (C=O) groups excluding carboxylic acids is 1. The zero-order chi connectivity index (χ0) is 22.1. The van der Waals surface area contributed by atoms with Crippen LogP contribution in [-0.2, 0) is 6.54 Å². The molecule has 0 saturated carbocycles. The lowest BCUT2D eigenvalue weighted by Crippen LogP contribution is -2.22. The van der Waals surface area contributed by atoms with E-state index < -0.39 is 17.7 Å². The fourth-order valence-corrected chi connectivity index (χ4v) is 3.69. The molecule has 8 heteroatoms. The van der Waals surface area contributed by atoms with E-state index in [-0.39, 0.29) is 22.7 Å². The van der Waals surface area contributed by atoms with E-state index in [1.165, 1.54) is 24.5 Å². The standard InChI is InChI=1S/C23H19F2N5O/c1-3-30-12-18-15(23(30)31)5-7-28-22(18)29-13(2)16-9-20(25)17(10-19(16)24)21-8-14(11-26)4-6-27-21/h4-10,13H,3,12H2,1-2H3,(H,28,29)/t13-/m0/s1. The van der Waals surface area contributed by atoms with Gasteiger partial charge in [0.2, 0.25) is 0 Å². The van der Waals surface area contributed by atoms with Gasteiger partial charge in [0, 0.05) is 41.2 Å². The van der Waals surface area contributed by atoms with E-state index >= 15 is 0 Å². The van der Waals surface area contributed by atoms with Gasteiger partial charge in [0.25, 0.3) is 5.91 Å². The largest absolute Gasteiger partial charge is 0.363 e. The number of carbonyl (C=O) groups is 1. The first-order valence-electron chi connectivity index (χ1n) is 9.82. The SMILES string of the molecule is CCN1Cc2c(ccnc2N[C@@H](C)c2cc(F)c(-c3cc(C#N)ccn3)cc2F)C1=O. The van der Waals surface area contributed by atoms with Crippen LogP contribution in [0, 0.1) is 23.0 Å². The molecule has 1 N–H and O–H groups in total. The molecular weight excluding hydrogens is 400 g/mol. The van der Waals surface area contributed by atoms with Crippen molar-refractivity contribution in [2.45, 2.75) is 26.4 Å². The van der Waals surface area contributed by atoms with Gasteiger partial charge < -0.3 is 10.2 Å². The lowest BCUT2D eigenvalue weighted by atomic mass is 10.0. The molecule has 3 heterocycles. The van der Waals surface area contributed by atoms with Crippen LogP contribution in [0.25, 0.3) is 11.3 Å². The first kappa shape index (κ1) is 20.4. The normalized spacial score (nSPS) is 13.6. The van der Waals surface area contributed by atoms with Crippen LogP contribution >= 0.6 is 0 Å². The maximum atomic E-state index is 14.9. The van der Waals surface area contributed by atoms with Gasteiger partial charge >= 0.3 is 0 Å². The first-order valence-corrected chi connectivity index (χ1v) is 9.82. The van der Waals surface area contributed by atoms with Gasteiger partial charge in [0.15, 0.2) is 0 Å². The molecule has 0 spiro atoms. The number of hydrogen-bond acceptors (Lipinski definition) is 5. The predicted molar refractivity (Wildman–Crippen MR) is 111 cm³/mol. The van der Waals surface area contributed by atoms with Crippen LogP contribution in [0.15, 0.2) is 42.7 Å². The molecule has 1 aliphatic rings. The van der Waals surface area contributed by atoms with Crippen molar-refractivity contribution in [1.82, 2.24) is 14.9 Å². The van der Waals surface area contributed by atoms with Crippen LogP contribution in [0.3, 0.4) is 0 Å². The third-order valence-corrected chi connectivity index (χ3v) is 5.38. The Balaban J connectivity index is 1.64. The van der Waals surface area contributed by atoms with Gasteiger partial charge in [-0.1, -0.05) is 0 Å². The number of fused-ring (bicyclic) bond motifs is 1. The molecule has 0 aliphatic carbocycles. The molecular formula is C23H19F2N5O. The molecule has 0 bridgehead atoms. The molecule has 1 aromatic carbocycles. The summed E-state index contributed by atoms with van der Waals surface area (Å²) in [5.74, 6) is -0.850. The average Bonchev–Trinajstić information content (AvgIpc) is 3.11. The Hall–Kier alpha value is -3.86. The molecule has 6 nitrogen and oxygen atoms in total. The summed E-state index contributed by atoms with van der Waals surface area (Å²) in [6, 6.07) is 8.13. The van der Waals surface area contributed by atoms with Crippen LogP contribution in [0.4, 0.5) is 14.6 Å². The van der Waals surface area contributed by atoms with E-state index in [4.69, 9.17) is 5.26 Å². The van der Waals surface area contributed by atoms with E-state index in [9.17, 15) is 13.6 Å². The highest BCUT2D eigenvalue weighted by atomic mass is 19.1. The van der Waals surface area contributed by atoms with Gasteiger partial charge in [-0.15, -0.1) is 0 Å². The van der Waals surface area contributed by atoms with E-state index in [1.807, 2.05) is 13.0 Å². The fraction of sp³-hybridized carbons (Fsp3) is 0.217. The Morgan fingerprint density at radius 3 is 2.68 bits per heavy atom. The molecule has 0 unspecified atom stereocenters. The van der Waals surface area contributed by atoms with E-state index in [0.29, 0.717) is 30.0 Å². The number of benzene rings is 1. The topological polar surface area (TPSA) is 81.9 Å². The Morgan fingerprint density at radius 1 is 1.16 bits per heavy atom. The molecule has 2 aromatic heterocycles. The quantitative estimate of drug-likeness (QED) is 0.661. The maximum absolute atomic E-state index is 14.9. The minimum atomic E-state index is -0.647. The molecule has 31 heavy (non-hydrogen) atoms. The maximum Gasteiger partial charge on any atom is 0.254 e. The van der Waals surface area contributed by atoms with Crippen LogP contribution < -0.4 is 5.32 Å². The van der Waals surface area contributed by atoms with Crippen molar-refractivity contribution in [3.63, 3.8) is 0 Å². The number of amides is 1. The number of hydrogen-bond donors (Lipinski definition) is 1. The van der Waals surface area contributed by atoms with Crippen molar-refractivity contribution >= 4 is 11.7 Å². The Morgan fingerprint density at radius 2 is 1.94 bits per heavy atom. The molecule has 0 radical (unpaired) electrons. The zero-order valence-electron chi connectivity index (χ0n) is 17.0. The van der Waals surface area contributed by atoms with Crippen LogP contribution in [0.2, 0.25) is 0 Å². The van der Waals surface area contributed by atoms with Gasteiger partial charge in [0.05, 0.1) is 29.9 Å². The number of pyridine rings is 2. The number of nitrogens with one attached hydrogen (secondary N) is 1. The van der Waals surface area contributed by atoms with Crippen molar-refractivity contribution in [2.75, 3.05) is 11.9 Å². The summed E-state index contributed by atoms with van der Waals surface area (Å²) in [7, 11) is 0. The number of aromatic nitrogens is 2. The van der Waals surface area contributed by atoms with Gasteiger partial charge in [-0.3, -0.25) is 9.78 Å². The number of anilines is 1. The lowest BCUT2D eigenvalue weighted by Gasteiger charge is -2.19. The number of nitrogens with zero attached hydrogens (tertiary/aromatic N) is 4. The highest BCUT2D eigenvalue weighted by Crippen LogP contribution is 2.32. The van der Waals surface area contributed by atoms with Crippen molar-refractivity contribution in [3.05, 3.63) is 76.6 Å². The van der Waals surface area contributed by atoms with Crippen LogP contribution in [-0.4, -0.2) is 27.3 Å². The summed E-state index contributed by atoms with van der Waals surface area (Å²) in [5.41, 5.74) is 1.90. The number of nitriles is 1. The summed E-state index contributed by atoms with van der Waals surface area (Å²) in [5, 5.41) is 12.1. The summed E-state index contributed by atoms with van der Waals surface area (Å²) in [4.78, 5) is 22.4. The van der Waals surface area contributed by atoms with Crippen LogP contribution in [0.1, 0.15) is 46.9 Å². The second-order valence-corrected chi connectivity index (χ2v) is 7.27. The highest BCUT2D eigenvalue weighted by molar-refractivity contribution is 5.99. The Bertz CT molecular complexity index is 1220. The fourth-order valence-electron chi connectivity index (χ4n) is 3.69. The molecule has 1 atom stereocenters. The number of rotatable bonds is 5. The Labute approximate surface area is 178 Å². The lowest BCUT2D eigenvalue weighted by molar-refractivity contribution is 0.0787. The third-order valence-electron chi connectivity index (χ3n) is 5.38. The smallest absolute Gasteiger partial charge is 0.254 e. The zero-order valence-corrected chi connectivity index (χ0v) is 17.0. The summed E-state index contributed by atoms with van der Waals surface area (Å²) in [6.07, 6.45) is 2.91. The highest BCUT2D eigenvalue weighted by Gasteiger charge is 2.29. The van der Waals surface area contributed by atoms with Crippen molar-refractivity contribution < 1.29 is 13.6 Å². The molecule has 156 valence electrons. The second-order valence-electron chi connectivity index (χ2n) is 7.27. The van der Waals surface area contributed by atoms with Gasteiger partial charge in [-0.25, -0.2) is 13.8 Å². The molecule has 0 fully saturated rings. The van der Waals surface area contributed by atoms with Crippen molar-refractivity contribution in [3.8, 4) is 17.3 Å².